The first-order valence-electron chi connectivity index (χ1n) is 16.6. The molecule has 2 saturated carbocycles. The van der Waals surface area contributed by atoms with Crippen molar-refractivity contribution in [2.24, 2.45) is 17.8 Å². The molecule has 0 radical (unpaired) electrons. The Labute approximate surface area is 274 Å². The Balaban J connectivity index is 1.18. The molecule has 3 amide bonds. The Morgan fingerprint density at radius 1 is 1.13 bits per heavy atom. The van der Waals surface area contributed by atoms with Crippen LogP contribution in [0.1, 0.15) is 72.1 Å². The molecule has 6 atom stereocenters. The van der Waals surface area contributed by atoms with Crippen LogP contribution in [0.4, 0.5) is 0 Å². The lowest BCUT2D eigenvalue weighted by atomic mass is 9.91. The lowest BCUT2D eigenvalue weighted by Gasteiger charge is -2.28. The van der Waals surface area contributed by atoms with E-state index in [0.717, 1.165) is 30.2 Å². The van der Waals surface area contributed by atoms with E-state index in [2.05, 4.69) is 33.9 Å². The number of amides is 3. The van der Waals surface area contributed by atoms with Crippen LogP contribution in [-0.4, -0.2) is 74.4 Å². The smallest absolute Gasteiger partial charge is 0.259 e. The molecule has 3 aromatic rings. The van der Waals surface area contributed by atoms with Gasteiger partial charge < -0.3 is 15.0 Å². The molecule has 2 N–H and O–H groups in total. The Hall–Kier alpha value is -4.00. The van der Waals surface area contributed by atoms with E-state index in [9.17, 15) is 22.8 Å². The topological polar surface area (TPSA) is 152 Å². The number of imidazole rings is 1. The van der Waals surface area contributed by atoms with E-state index in [1.807, 2.05) is 47.0 Å². The van der Waals surface area contributed by atoms with Gasteiger partial charge in [0.1, 0.15) is 17.7 Å². The number of aromatic nitrogens is 3. The molecule has 2 aliphatic carbocycles. The maximum atomic E-state index is 14.1. The van der Waals surface area contributed by atoms with Gasteiger partial charge in [0, 0.05) is 31.2 Å². The first kappa shape index (κ1) is 31.6. The quantitative estimate of drug-likeness (QED) is 0.394. The van der Waals surface area contributed by atoms with Gasteiger partial charge in [-0.25, -0.2) is 13.4 Å². The predicted octanol–water partition coefficient (Wildman–Crippen LogP) is 3.51. The molecule has 7 rings (SSSR count). The summed E-state index contributed by atoms with van der Waals surface area (Å²) in [6, 6.07) is 6.77. The van der Waals surface area contributed by atoms with Crippen LogP contribution in [0.15, 0.2) is 48.8 Å². The number of rotatable bonds is 5. The molecule has 13 heteroatoms. The van der Waals surface area contributed by atoms with Crippen LogP contribution in [-0.2, 0) is 24.4 Å². The van der Waals surface area contributed by atoms with E-state index in [1.54, 1.807) is 18.0 Å². The van der Waals surface area contributed by atoms with Gasteiger partial charge in [0.15, 0.2) is 0 Å². The molecule has 1 aromatic carbocycles. The summed E-state index contributed by atoms with van der Waals surface area (Å²) in [5, 5.41) is 3.71. The highest BCUT2D eigenvalue weighted by molar-refractivity contribution is 7.91. The van der Waals surface area contributed by atoms with Crippen LogP contribution in [0.2, 0.25) is 0 Å². The van der Waals surface area contributed by atoms with Crippen molar-refractivity contribution < 1.29 is 27.5 Å². The van der Waals surface area contributed by atoms with Crippen LogP contribution < -0.4 is 14.8 Å². The molecule has 0 bridgehead atoms. The molecule has 4 heterocycles. The molecule has 1 saturated heterocycles. The molecule has 2 aliphatic heterocycles. The van der Waals surface area contributed by atoms with Gasteiger partial charge in [0.05, 0.1) is 22.2 Å². The number of benzene rings is 1. The van der Waals surface area contributed by atoms with Gasteiger partial charge in [0.2, 0.25) is 33.5 Å². The number of nitrogens with one attached hydrogen (secondary N) is 2. The van der Waals surface area contributed by atoms with Gasteiger partial charge >= 0.3 is 0 Å². The second-order valence-electron chi connectivity index (χ2n) is 14.4. The molecule has 2 aromatic heterocycles. The summed E-state index contributed by atoms with van der Waals surface area (Å²) >= 11 is 0. The highest BCUT2D eigenvalue weighted by Gasteiger charge is 2.63. The number of nitrogens with zero attached hydrogens (tertiary/aromatic N) is 4. The van der Waals surface area contributed by atoms with Crippen molar-refractivity contribution in [3.8, 4) is 5.88 Å². The summed E-state index contributed by atoms with van der Waals surface area (Å²) in [4.78, 5) is 52.2. The Morgan fingerprint density at radius 2 is 1.91 bits per heavy atom. The van der Waals surface area contributed by atoms with Gasteiger partial charge in [-0.05, 0) is 69.4 Å². The summed E-state index contributed by atoms with van der Waals surface area (Å²) in [7, 11) is -3.92. The van der Waals surface area contributed by atoms with Crippen molar-refractivity contribution >= 4 is 44.4 Å². The van der Waals surface area contributed by atoms with Crippen molar-refractivity contribution in [1.29, 1.82) is 0 Å². The molecule has 3 fully saturated rings. The van der Waals surface area contributed by atoms with Crippen LogP contribution in [0.3, 0.4) is 0 Å². The van der Waals surface area contributed by atoms with Crippen molar-refractivity contribution in [2.45, 2.75) is 94.6 Å². The van der Waals surface area contributed by atoms with E-state index in [-0.39, 0.29) is 43.6 Å². The monoisotopic (exact) mass is 662 g/mol. The van der Waals surface area contributed by atoms with Gasteiger partial charge in [-0.3, -0.25) is 23.5 Å². The zero-order valence-electron chi connectivity index (χ0n) is 27.0. The highest BCUT2D eigenvalue weighted by atomic mass is 32.2. The van der Waals surface area contributed by atoms with Gasteiger partial charge in [-0.2, -0.15) is 4.98 Å². The molecular formula is C34H42N6O6S. The zero-order chi connectivity index (χ0) is 33.1. The normalized spacial score (nSPS) is 31.0. The summed E-state index contributed by atoms with van der Waals surface area (Å²) in [6.07, 6.45) is 11.2. The molecule has 6 unspecified atom stereocenters. The summed E-state index contributed by atoms with van der Waals surface area (Å²) in [6.45, 7) is 6.02. The Bertz CT molecular complexity index is 1890. The van der Waals surface area contributed by atoms with Gasteiger partial charge in [-0.15, -0.1) is 0 Å². The second kappa shape index (κ2) is 11.6. The molecule has 250 valence electrons. The second-order valence-corrected chi connectivity index (χ2v) is 16.6. The van der Waals surface area contributed by atoms with E-state index >= 15 is 0 Å². The summed E-state index contributed by atoms with van der Waals surface area (Å²) in [5.74, 6) is -0.406. The molecule has 4 aliphatic rings. The fourth-order valence-electron chi connectivity index (χ4n) is 7.25. The average molecular weight is 663 g/mol. The van der Waals surface area contributed by atoms with E-state index in [0.29, 0.717) is 30.4 Å². The first-order valence-corrected chi connectivity index (χ1v) is 18.1. The number of hydrogen-bond acceptors (Lipinski definition) is 8. The van der Waals surface area contributed by atoms with Crippen molar-refractivity contribution in [1.82, 2.24) is 29.3 Å². The molecule has 0 spiro atoms. The third-order valence-electron chi connectivity index (χ3n) is 10.5. The molecule has 47 heavy (non-hydrogen) atoms. The number of para-hydroxylation sites is 1. The van der Waals surface area contributed by atoms with Gasteiger partial charge in [0.25, 0.3) is 5.91 Å². The number of ether oxygens (including phenoxy) is 1. The lowest BCUT2D eigenvalue weighted by molar-refractivity contribution is -0.140. The molecular weight excluding hydrogens is 620 g/mol. The third kappa shape index (κ3) is 5.87. The zero-order valence-corrected chi connectivity index (χ0v) is 27.8. The largest absolute Gasteiger partial charge is 0.472 e. The van der Waals surface area contributed by atoms with E-state index < -0.39 is 44.3 Å². The minimum atomic E-state index is -3.92. The maximum absolute atomic E-state index is 14.1. The fraction of sp³-hybridized carbons (Fsp3) is 0.559. The van der Waals surface area contributed by atoms with Crippen molar-refractivity contribution in [2.75, 3.05) is 6.54 Å². The molecule has 12 nitrogen and oxygen atoms in total. The van der Waals surface area contributed by atoms with Gasteiger partial charge in [-0.1, -0.05) is 38.1 Å². The first-order chi connectivity index (χ1) is 22.4. The van der Waals surface area contributed by atoms with Crippen molar-refractivity contribution in [3.63, 3.8) is 0 Å². The summed E-state index contributed by atoms with van der Waals surface area (Å²) < 4.78 is 35.7. The third-order valence-corrected chi connectivity index (χ3v) is 12.7. The SMILES string of the molecule is CC1CCC=CC2CC2(C(=O)NS(=O)(=O)C2(C)CC2)NC(=O)C2CC(Oc3nc4nccn4c4ccccc34)CN2C(=O)CC(C)C1. The van der Waals surface area contributed by atoms with Crippen LogP contribution in [0.25, 0.3) is 16.7 Å². The van der Waals surface area contributed by atoms with Crippen LogP contribution in [0, 0.1) is 17.8 Å². The highest BCUT2D eigenvalue weighted by Crippen LogP contribution is 2.47. The predicted molar refractivity (Wildman–Crippen MR) is 175 cm³/mol. The van der Waals surface area contributed by atoms with Crippen LogP contribution >= 0.6 is 0 Å². The lowest BCUT2D eigenvalue weighted by Crippen LogP contribution is -2.57. The van der Waals surface area contributed by atoms with E-state index in [4.69, 9.17) is 4.74 Å². The number of carbonyl (C=O) groups is 3. The Morgan fingerprint density at radius 3 is 2.70 bits per heavy atom. The fourth-order valence-corrected chi connectivity index (χ4v) is 8.56. The minimum Gasteiger partial charge on any atom is -0.472 e. The number of allylic oxidation sites excluding steroid dienone is 1. The number of hydrogen-bond donors (Lipinski definition) is 2. The number of sulfonamides is 1. The summed E-state index contributed by atoms with van der Waals surface area (Å²) in [5.41, 5.74) is -0.548. The maximum Gasteiger partial charge on any atom is 0.259 e. The standard InChI is InChI=1S/C34H42N6O6S/c1-21-8-4-5-9-23-19-34(23,31(43)38-47(44,45)33(3)12-13-33)37-29(42)27-18-24(20-40(27)28(41)17-22(2)16-21)46-30-25-10-6-7-11-26(25)39-15-14-35-32(39)36-30/h5-7,9-11,14-15,21-24,27H,4,8,12-13,16-20H2,1-3H3,(H,37,42)(H,38,43). The van der Waals surface area contributed by atoms with Crippen molar-refractivity contribution in [3.05, 3.63) is 48.8 Å². The Kier molecular flexibility index (Phi) is 7.80. The number of carbonyl (C=O) groups excluding carboxylic acids is 3. The van der Waals surface area contributed by atoms with Crippen LogP contribution in [0.5, 0.6) is 5.88 Å². The minimum absolute atomic E-state index is 0.114. The number of fused-ring (bicyclic) bond motifs is 5. The van der Waals surface area contributed by atoms with E-state index in [1.165, 1.54) is 0 Å². The average Bonchev–Trinajstić information content (AvgIpc) is 3.80.